The quantitative estimate of drug-likeness (QED) is 0.567. The summed E-state index contributed by atoms with van der Waals surface area (Å²) in [5, 5.41) is 0.186. The van der Waals surface area contributed by atoms with Gasteiger partial charge in [0.15, 0.2) is 0 Å². The molecule has 1 aliphatic heterocycles. The Kier molecular flexibility index (Phi) is 6.44. The molecule has 0 saturated carbocycles. The smallest absolute Gasteiger partial charge is 0.261 e. The lowest BCUT2D eigenvalue weighted by atomic mass is 10.2. The number of thioether (sulfide) groups is 1. The SMILES string of the molecule is O=C(Cn1cnc2ccc(F)cc2c1=O)N1CCN(CCSc2ccccc2)CC1. The van der Waals surface area contributed by atoms with Gasteiger partial charge in [0.2, 0.25) is 5.91 Å². The Balaban J connectivity index is 1.29. The molecule has 1 aromatic heterocycles. The Hall–Kier alpha value is -2.71. The zero-order valence-electron chi connectivity index (χ0n) is 16.5. The second-order valence-electron chi connectivity index (χ2n) is 7.22. The minimum atomic E-state index is -0.493. The van der Waals surface area contributed by atoms with Crippen molar-refractivity contribution in [1.82, 2.24) is 19.4 Å². The van der Waals surface area contributed by atoms with E-state index in [4.69, 9.17) is 0 Å². The highest BCUT2D eigenvalue weighted by Gasteiger charge is 2.21. The molecule has 0 spiro atoms. The number of benzene rings is 2. The van der Waals surface area contributed by atoms with Crippen LogP contribution in [0.25, 0.3) is 10.9 Å². The maximum absolute atomic E-state index is 13.5. The summed E-state index contributed by atoms with van der Waals surface area (Å²) in [6.07, 6.45) is 1.36. The van der Waals surface area contributed by atoms with E-state index in [1.54, 1.807) is 4.90 Å². The summed E-state index contributed by atoms with van der Waals surface area (Å²) >= 11 is 1.83. The first-order chi connectivity index (χ1) is 14.6. The molecular formula is C22H23FN4O2S. The summed E-state index contributed by atoms with van der Waals surface area (Å²) in [5.74, 6) is 0.395. The van der Waals surface area contributed by atoms with Gasteiger partial charge >= 0.3 is 0 Å². The van der Waals surface area contributed by atoms with Gasteiger partial charge < -0.3 is 4.90 Å². The number of nitrogens with zero attached hydrogens (tertiary/aromatic N) is 4. The monoisotopic (exact) mass is 426 g/mol. The fourth-order valence-electron chi connectivity index (χ4n) is 3.52. The first-order valence-corrected chi connectivity index (χ1v) is 10.9. The standard InChI is InChI=1S/C22H23FN4O2S/c23-17-6-7-20-19(14-17)22(29)27(16-24-20)15-21(28)26-10-8-25(9-11-26)12-13-30-18-4-2-1-3-5-18/h1-7,14,16H,8-13,15H2. The Bertz CT molecular complexity index is 1080. The lowest BCUT2D eigenvalue weighted by Crippen LogP contribution is -2.50. The third-order valence-electron chi connectivity index (χ3n) is 5.24. The molecule has 0 atom stereocenters. The minimum Gasteiger partial charge on any atom is -0.339 e. The number of hydrogen-bond acceptors (Lipinski definition) is 5. The van der Waals surface area contributed by atoms with Crippen molar-refractivity contribution in [2.45, 2.75) is 11.4 Å². The zero-order valence-corrected chi connectivity index (χ0v) is 17.4. The largest absolute Gasteiger partial charge is 0.339 e. The predicted octanol–water partition coefficient (Wildman–Crippen LogP) is 2.47. The third kappa shape index (κ3) is 4.88. The molecular weight excluding hydrogens is 403 g/mol. The Morgan fingerprint density at radius 3 is 2.60 bits per heavy atom. The zero-order chi connectivity index (χ0) is 20.9. The number of piperazine rings is 1. The average molecular weight is 427 g/mol. The molecule has 1 saturated heterocycles. The third-order valence-corrected chi connectivity index (χ3v) is 6.23. The maximum atomic E-state index is 13.5. The van der Waals surface area contributed by atoms with Crippen molar-refractivity contribution < 1.29 is 9.18 Å². The summed E-state index contributed by atoms with van der Waals surface area (Å²) in [6, 6.07) is 14.2. The van der Waals surface area contributed by atoms with E-state index in [0.717, 1.165) is 31.5 Å². The fourth-order valence-corrected chi connectivity index (χ4v) is 4.45. The molecule has 0 radical (unpaired) electrons. The molecule has 0 unspecified atom stereocenters. The van der Waals surface area contributed by atoms with E-state index in [9.17, 15) is 14.0 Å². The molecule has 6 nitrogen and oxygen atoms in total. The number of rotatable bonds is 6. The number of aromatic nitrogens is 2. The van der Waals surface area contributed by atoms with Gasteiger partial charge in [-0.25, -0.2) is 9.37 Å². The maximum Gasteiger partial charge on any atom is 0.261 e. The Morgan fingerprint density at radius 2 is 1.83 bits per heavy atom. The number of carbonyl (C=O) groups is 1. The highest BCUT2D eigenvalue weighted by atomic mass is 32.2. The first-order valence-electron chi connectivity index (χ1n) is 9.93. The highest BCUT2D eigenvalue weighted by Crippen LogP contribution is 2.17. The van der Waals surface area contributed by atoms with Gasteiger partial charge in [0.05, 0.1) is 17.2 Å². The Labute approximate surface area is 178 Å². The molecule has 4 rings (SSSR count). The first kappa shape index (κ1) is 20.6. The number of amides is 1. The average Bonchev–Trinajstić information content (AvgIpc) is 2.77. The summed E-state index contributed by atoms with van der Waals surface area (Å²) < 4.78 is 14.7. The molecule has 8 heteroatoms. The van der Waals surface area contributed by atoms with Crippen LogP contribution in [0.15, 0.2) is 64.5 Å². The van der Waals surface area contributed by atoms with Crippen molar-refractivity contribution in [3.8, 4) is 0 Å². The van der Waals surface area contributed by atoms with Gasteiger partial charge in [-0.05, 0) is 30.3 Å². The number of halogens is 1. The second kappa shape index (κ2) is 9.40. The van der Waals surface area contributed by atoms with Crippen LogP contribution in [0.1, 0.15) is 0 Å². The molecule has 0 bridgehead atoms. The number of hydrogen-bond donors (Lipinski definition) is 0. The molecule has 1 aliphatic rings. The van der Waals surface area contributed by atoms with E-state index < -0.39 is 11.4 Å². The van der Waals surface area contributed by atoms with Gasteiger partial charge in [0.1, 0.15) is 12.4 Å². The van der Waals surface area contributed by atoms with Crippen molar-refractivity contribution in [3.05, 3.63) is 71.0 Å². The van der Waals surface area contributed by atoms with E-state index in [-0.39, 0.29) is 17.8 Å². The van der Waals surface area contributed by atoms with E-state index in [2.05, 4.69) is 22.0 Å². The van der Waals surface area contributed by atoms with Gasteiger partial charge in [0, 0.05) is 43.4 Å². The van der Waals surface area contributed by atoms with Crippen molar-refractivity contribution in [1.29, 1.82) is 0 Å². The van der Waals surface area contributed by atoms with Crippen molar-refractivity contribution in [3.63, 3.8) is 0 Å². The van der Waals surface area contributed by atoms with Crippen LogP contribution in [-0.2, 0) is 11.3 Å². The van der Waals surface area contributed by atoms with Crippen LogP contribution in [0, 0.1) is 5.82 Å². The van der Waals surface area contributed by atoms with Gasteiger partial charge in [-0.3, -0.25) is 19.1 Å². The summed E-state index contributed by atoms with van der Waals surface area (Å²) in [7, 11) is 0. The molecule has 0 N–H and O–H groups in total. The van der Waals surface area contributed by atoms with Crippen LogP contribution in [0.2, 0.25) is 0 Å². The van der Waals surface area contributed by atoms with Crippen LogP contribution in [0.3, 0.4) is 0 Å². The van der Waals surface area contributed by atoms with E-state index >= 15 is 0 Å². The van der Waals surface area contributed by atoms with Crippen LogP contribution in [0.4, 0.5) is 4.39 Å². The van der Waals surface area contributed by atoms with Gasteiger partial charge in [-0.15, -0.1) is 11.8 Å². The number of fused-ring (bicyclic) bond motifs is 1. The molecule has 156 valence electrons. The summed E-state index contributed by atoms with van der Waals surface area (Å²) in [6.45, 7) is 3.80. The highest BCUT2D eigenvalue weighted by molar-refractivity contribution is 7.99. The lowest BCUT2D eigenvalue weighted by molar-refractivity contribution is -0.133. The fraction of sp³-hybridized carbons (Fsp3) is 0.318. The van der Waals surface area contributed by atoms with Gasteiger partial charge in [0.25, 0.3) is 5.56 Å². The molecule has 3 aromatic rings. The van der Waals surface area contributed by atoms with Crippen LogP contribution >= 0.6 is 11.8 Å². The second-order valence-corrected chi connectivity index (χ2v) is 8.39. The molecule has 1 amide bonds. The van der Waals surface area contributed by atoms with Gasteiger partial charge in [-0.2, -0.15) is 0 Å². The molecule has 1 fully saturated rings. The van der Waals surface area contributed by atoms with Crippen molar-refractivity contribution >= 4 is 28.6 Å². The van der Waals surface area contributed by atoms with Gasteiger partial charge in [-0.1, -0.05) is 18.2 Å². The van der Waals surface area contributed by atoms with Crippen LogP contribution in [-0.4, -0.2) is 63.7 Å². The molecule has 2 aromatic carbocycles. The molecule has 2 heterocycles. The Morgan fingerprint density at radius 1 is 1.07 bits per heavy atom. The summed E-state index contributed by atoms with van der Waals surface area (Å²) in [5.41, 5.74) is 0.0245. The summed E-state index contributed by atoms with van der Waals surface area (Å²) in [4.78, 5) is 34.8. The molecule has 30 heavy (non-hydrogen) atoms. The van der Waals surface area contributed by atoms with Crippen molar-refractivity contribution in [2.75, 3.05) is 38.5 Å². The van der Waals surface area contributed by atoms with Crippen LogP contribution < -0.4 is 5.56 Å². The van der Waals surface area contributed by atoms with E-state index in [1.807, 2.05) is 30.0 Å². The normalized spacial score (nSPS) is 14.9. The van der Waals surface area contributed by atoms with E-state index in [1.165, 1.54) is 27.9 Å². The number of carbonyl (C=O) groups excluding carboxylic acids is 1. The van der Waals surface area contributed by atoms with E-state index in [0.29, 0.717) is 18.6 Å². The predicted molar refractivity (Wildman–Crippen MR) is 116 cm³/mol. The van der Waals surface area contributed by atoms with Crippen LogP contribution in [0.5, 0.6) is 0 Å². The lowest BCUT2D eigenvalue weighted by Gasteiger charge is -2.34. The van der Waals surface area contributed by atoms with Crippen molar-refractivity contribution in [2.24, 2.45) is 0 Å². The topological polar surface area (TPSA) is 58.4 Å². The minimum absolute atomic E-state index is 0.0812. The molecule has 0 aliphatic carbocycles.